The largest absolute Gasteiger partial charge is 0.374 e. The number of nitrogens with zero attached hydrogens (tertiary/aromatic N) is 3. The minimum absolute atomic E-state index is 0.248. The molecule has 0 aliphatic carbocycles. The molecule has 2 rings (SSSR count). The Balaban J connectivity index is 2.40. The average Bonchev–Trinajstić information content (AvgIpc) is 2.89. The molecule has 1 amide bonds. The van der Waals surface area contributed by atoms with E-state index in [0.717, 1.165) is 17.1 Å². The van der Waals surface area contributed by atoms with Crippen LogP contribution in [0.15, 0.2) is 18.2 Å². The number of benzene rings is 1. The maximum atomic E-state index is 11.1. The van der Waals surface area contributed by atoms with Gasteiger partial charge >= 0.3 is 0 Å². The van der Waals surface area contributed by atoms with Crippen molar-refractivity contribution in [1.82, 2.24) is 14.8 Å². The zero-order valence-corrected chi connectivity index (χ0v) is 13.3. The topological polar surface area (TPSA) is 83.0 Å². The van der Waals surface area contributed by atoms with Gasteiger partial charge in [0.15, 0.2) is 5.82 Å². The molecule has 0 spiro atoms. The summed E-state index contributed by atoms with van der Waals surface area (Å²) < 4.78 is 7.16. The van der Waals surface area contributed by atoms with E-state index in [4.69, 9.17) is 10.5 Å². The van der Waals surface area contributed by atoms with Crippen LogP contribution in [0.5, 0.6) is 0 Å². The van der Waals surface area contributed by atoms with Gasteiger partial charge in [-0.2, -0.15) is 0 Å². The van der Waals surface area contributed by atoms with Crippen molar-refractivity contribution in [3.05, 3.63) is 41.0 Å². The lowest BCUT2D eigenvalue weighted by atomic mass is 10.1. The van der Waals surface area contributed by atoms with E-state index in [1.165, 1.54) is 5.56 Å². The van der Waals surface area contributed by atoms with Crippen LogP contribution >= 0.6 is 0 Å². The monoisotopic (exact) mass is 302 g/mol. The van der Waals surface area contributed by atoms with Crippen LogP contribution in [0.4, 0.5) is 0 Å². The fraction of sp³-hybridized carbons (Fsp3) is 0.438. The van der Waals surface area contributed by atoms with Crippen LogP contribution in [0, 0.1) is 13.8 Å². The first-order valence-electron chi connectivity index (χ1n) is 7.40. The van der Waals surface area contributed by atoms with Gasteiger partial charge in [0.1, 0.15) is 12.4 Å². The Morgan fingerprint density at radius 3 is 2.82 bits per heavy atom. The van der Waals surface area contributed by atoms with Gasteiger partial charge in [-0.15, -0.1) is 5.10 Å². The minimum atomic E-state index is -0.345. The van der Waals surface area contributed by atoms with Gasteiger partial charge in [0.2, 0.25) is 5.91 Å². The van der Waals surface area contributed by atoms with Gasteiger partial charge < -0.3 is 10.5 Å². The highest BCUT2D eigenvalue weighted by Gasteiger charge is 2.14. The van der Waals surface area contributed by atoms with Crippen molar-refractivity contribution in [2.24, 2.45) is 5.73 Å². The molecule has 1 heterocycles. The van der Waals surface area contributed by atoms with Gasteiger partial charge in [0.05, 0.1) is 5.69 Å². The Bertz CT molecular complexity index is 664. The number of ether oxygens (including phenoxy) is 1. The summed E-state index contributed by atoms with van der Waals surface area (Å²) in [4.78, 5) is 15.5. The molecule has 1 aromatic heterocycles. The second-order valence-corrected chi connectivity index (χ2v) is 5.18. The Morgan fingerprint density at radius 2 is 2.14 bits per heavy atom. The third-order valence-corrected chi connectivity index (χ3v) is 3.55. The Labute approximate surface area is 130 Å². The minimum Gasteiger partial charge on any atom is -0.374 e. The zero-order chi connectivity index (χ0) is 16.1. The molecule has 22 heavy (non-hydrogen) atoms. The van der Waals surface area contributed by atoms with E-state index in [9.17, 15) is 4.79 Å². The Hall–Kier alpha value is -2.21. The van der Waals surface area contributed by atoms with Crippen molar-refractivity contribution in [3.63, 3.8) is 0 Å². The molecule has 1 aromatic carbocycles. The molecule has 118 valence electrons. The van der Waals surface area contributed by atoms with Gasteiger partial charge in [-0.1, -0.05) is 12.1 Å². The first kappa shape index (κ1) is 16.2. The van der Waals surface area contributed by atoms with Crippen molar-refractivity contribution in [1.29, 1.82) is 0 Å². The SMILES string of the molecule is CCOCc1nc(CCC(N)=O)n(-c2cccc(C)c2C)n1. The lowest BCUT2D eigenvalue weighted by Gasteiger charge is -2.10. The van der Waals surface area contributed by atoms with Crippen LogP contribution in [0.3, 0.4) is 0 Å². The summed E-state index contributed by atoms with van der Waals surface area (Å²) in [6.07, 6.45) is 0.708. The normalized spacial score (nSPS) is 10.9. The fourth-order valence-electron chi connectivity index (χ4n) is 2.20. The summed E-state index contributed by atoms with van der Waals surface area (Å²) >= 11 is 0. The molecule has 0 fully saturated rings. The molecular formula is C16H22N4O2. The van der Waals surface area contributed by atoms with Crippen molar-refractivity contribution >= 4 is 5.91 Å². The van der Waals surface area contributed by atoms with Gasteiger partial charge in [-0.25, -0.2) is 9.67 Å². The van der Waals surface area contributed by atoms with E-state index in [-0.39, 0.29) is 12.3 Å². The maximum Gasteiger partial charge on any atom is 0.217 e. The molecule has 0 saturated heterocycles. The van der Waals surface area contributed by atoms with Crippen molar-refractivity contribution < 1.29 is 9.53 Å². The molecule has 0 atom stereocenters. The third-order valence-electron chi connectivity index (χ3n) is 3.55. The predicted molar refractivity (Wildman–Crippen MR) is 83.7 cm³/mol. The van der Waals surface area contributed by atoms with Gasteiger partial charge in [0.25, 0.3) is 0 Å². The smallest absolute Gasteiger partial charge is 0.217 e. The van der Waals surface area contributed by atoms with E-state index in [1.54, 1.807) is 4.68 Å². The number of carbonyl (C=O) groups excluding carboxylic acids is 1. The lowest BCUT2D eigenvalue weighted by molar-refractivity contribution is -0.118. The first-order valence-corrected chi connectivity index (χ1v) is 7.40. The zero-order valence-electron chi connectivity index (χ0n) is 13.3. The standard InChI is InChI=1S/C16H22N4O2/c1-4-22-10-15-18-16(9-8-14(17)21)20(19-15)13-7-5-6-11(2)12(13)3/h5-7H,4,8-10H2,1-3H3,(H2,17,21). The maximum absolute atomic E-state index is 11.1. The van der Waals surface area contributed by atoms with Crippen LogP contribution in [0.2, 0.25) is 0 Å². The number of amides is 1. The number of nitrogens with two attached hydrogens (primary N) is 1. The third kappa shape index (κ3) is 3.71. The van der Waals surface area contributed by atoms with Crippen LogP contribution in [0.25, 0.3) is 5.69 Å². The Kier molecular flexibility index (Phi) is 5.27. The van der Waals surface area contributed by atoms with Crippen LogP contribution in [-0.2, 0) is 22.6 Å². The molecule has 0 aliphatic rings. The predicted octanol–water partition coefficient (Wildman–Crippen LogP) is 1.84. The molecule has 2 N–H and O–H groups in total. The van der Waals surface area contributed by atoms with Crippen LogP contribution in [0.1, 0.15) is 36.1 Å². The number of hydrogen-bond acceptors (Lipinski definition) is 4. The van der Waals surface area contributed by atoms with Crippen molar-refractivity contribution in [2.45, 2.75) is 40.2 Å². The number of primary amides is 1. The molecule has 0 aliphatic heterocycles. The highest BCUT2D eigenvalue weighted by atomic mass is 16.5. The van der Waals surface area contributed by atoms with E-state index in [1.807, 2.05) is 26.0 Å². The van der Waals surface area contributed by atoms with Crippen LogP contribution in [-0.4, -0.2) is 27.3 Å². The molecule has 0 saturated carbocycles. The molecule has 2 aromatic rings. The second kappa shape index (κ2) is 7.17. The summed E-state index contributed by atoms with van der Waals surface area (Å²) in [5, 5.41) is 4.53. The van der Waals surface area contributed by atoms with Crippen molar-refractivity contribution in [2.75, 3.05) is 6.61 Å². The van der Waals surface area contributed by atoms with E-state index in [0.29, 0.717) is 25.5 Å². The van der Waals surface area contributed by atoms with Crippen molar-refractivity contribution in [3.8, 4) is 5.69 Å². The number of aromatic nitrogens is 3. The van der Waals surface area contributed by atoms with Gasteiger partial charge in [0, 0.05) is 19.4 Å². The van der Waals surface area contributed by atoms with E-state index < -0.39 is 0 Å². The van der Waals surface area contributed by atoms with E-state index in [2.05, 4.69) is 23.1 Å². The molecule has 0 radical (unpaired) electrons. The Morgan fingerprint density at radius 1 is 1.36 bits per heavy atom. The quantitative estimate of drug-likeness (QED) is 0.846. The van der Waals surface area contributed by atoms with E-state index >= 15 is 0 Å². The summed E-state index contributed by atoms with van der Waals surface area (Å²) in [6.45, 7) is 6.99. The molecule has 0 unspecified atom stereocenters. The van der Waals surface area contributed by atoms with Crippen LogP contribution < -0.4 is 5.73 Å². The lowest BCUT2D eigenvalue weighted by Crippen LogP contribution is -2.13. The summed E-state index contributed by atoms with van der Waals surface area (Å²) in [7, 11) is 0. The second-order valence-electron chi connectivity index (χ2n) is 5.18. The number of carbonyl (C=O) groups is 1. The fourth-order valence-corrected chi connectivity index (χ4v) is 2.20. The van der Waals surface area contributed by atoms with Gasteiger partial charge in [-0.05, 0) is 38.0 Å². The number of rotatable bonds is 7. The molecular weight excluding hydrogens is 280 g/mol. The highest BCUT2D eigenvalue weighted by Crippen LogP contribution is 2.19. The van der Waals surface area contributed by atoms with Gasteiger partial charge in [-0.3, -0.25) is 4.79 Å². The highest BCUT2D eigenvalue weighted by molar-refractivity contribution is 5.73. The first-order chi connectivity index (χ1) is 10.5. The average molecular weight is 302 g/mol. The number of hydrogen-bond donors (Lipinski definition) is 1. The number of aryl methyl sites for hydroxylation is 2. The molecule has 6 heteroatoms. The molecule has 0 bridgehead atoms. The summed E-state index contributed by atoms with van der Waals surface area (Å²) in [5.41, 5.74) is 8.53. The molecule has 6 nitrogen and oxygen atoms in total. The summed E-state index contributed by atoms with van der Waals surface area (Å²) in [6, 6.07) is 6.04. The summed E-state index contributed by atoms with van der Waals surface area (Å²) in [5.74, 6) is 0.992.